The second kappa shape index (κ2) is 6.97. The monoisotopic (exact) mass is 244 g/mol. The van der Waals surface area contributed by atoms with E-state index in [0.29, 0.717) is 12.5 Å². The van der Waals surface area contributed by atoms with E-state index in [1.807, 2.05) is 0 Å². The lowest BCUT2D eigenvalue weighted by Crippen LogP contribution is -2.25. The third kappa shape index (κ3) is 5.50. The van der Waals surface area contributed by atoms with Crippen LogP contribution < -0.4 is 0 Å². The van der Waals surface area contributed by atoms with Gasteiger partial charge in [0, 0.05) is 19.8 Å². The van der Waals surface area contributed by atoms with Crippen LogP contribution in [0.1, 0.15) is 46.0 Å². The summed E-state index contributed by atoms with van der Waals surface area (Å²) >= 11 is 0. The highest BCUT2D eigenvalue weighted by atomic mass is 16.5. The molecule has 0 aliphatic carbocycles. The molecule has 4 heteroatoms. The lowest BCUT2D eigenvalue weighted by molar-refractivity contribution is -0.147. The zero-order chi connectivity index (χ0) is 12.7. The number of carboxylic acid groups (broad SMARTS) is 1. The molecule has 1 aliphatic rings. The molecule has 0 saturated carbocycles. The predicted molar refractivity (Wildman–Crippen MR) is 65.1 cm³/mol. The van der Waals surface area contributed by atoms with Crippen molar-refractivity contribution in [3.63, 3.8) is 0 Å². The van der Waals surface area contributed by atoms with E-state index in [4.69, 9.17) is 14.6 Å². The standard InChI is InChI=1S/C13H24O4/c1-13(2,12(14)15)7-3-4-8-17-11-5-9-16-10-6-11/h11H,3-10H2,1-2H3,(H,14,15). The SMILES string of the molecule is CC(C)(CCCCOC1CCOCC1)C(=O)O. The Balaban J connectivity index is 2.02. The number of hydrogen-bond donors (Lipinski definition) is 1. The van der Waals surface area contributed by atoms with Gasteiger partial charge >= 0.3 is 5.97 Å². The molecule has 0 radical (unpaired) electrons. The van der Waals surface area contributed by atoms with Crippen molar-refractivity contribution in [1.82, 2.24) is 0 Å². The van der Waals surface area contributed by atoms with E-state index in [1.54, 1.807) is 13.8 Å². The van der Waals surface area contributed by atoms with Gasteiger partial charge in [0.05, 0.1) is 11.5 Å². The summed E-state index contributed by atoms with van der Waals surface area (Å²) in [5.41, 5.74) is -0.612. The molecule has 1 heterocycles. The van der Waals surface area contributed by atoms with Gasteiger partial charge in [0.25, 0.3) is 0 Å². The molecular weight excluding hydrogens is 220 g/mol. The Morgan fingerprint density at radius 2 is 2.00 bits per heavy atom. The molecule has 1 saturated heterocycles. The first kappa shape index (κ1) is 14.5. The highest BCUT2D eigenvalue weighted by molar-refractivity contribution is 5.73. The molecular formula is C13H24O4. The van der Waals surface area contributed by atoms with Crippen molar-refractivity contribution in [3.8, 4) is 0 Å². The Bertz CT molecular complexity index is 232. The fraction of sp³-hybridized carbons (Fsp3) is 0.923. The largest absolute Gasteiger partial charge is 0.481 e. The number of carboxylic acids is 1. The minimum atomic E-state index is -0.720. The van der Waals surface area contributed by atoms with Gasteiger partial charge in [0.15, 0.2) is 0 Å². The topological polar surface area (TPSA) is 55.8 Å². The van der Waals surface area contributed by atoms with E-state index in [1.165, 1.54) is 0 Å². The van der Waals surface area contributed by atoms with Crippen molar-refractivity contribution in [2.24, 2.45) is 5.41 Å². The Morgan fingerprint density at radius 1 is 1.35 bits per heavy atom. The molecule has 0 unspecified atom stereocenters. The minimum Gasteiger partial charge on any atom is -0.481 e. The number of unbranched alkanes of at least 4 members (excludes halogenated alkanes) is 1. The maximum absolute atomic E-state index is 10.9. The number of carbonyl (C=O) groups is 1. The Kier molecular flexibility index (Phi) is 5.92. The van der Waals surface area contributed by atoms with Gasteiger partial charge in [-0.15, -0.1) is 0 Å². The highest BCUT2D eigenvalue weighted by Crippen LogP contribution is 2.23. The molecule has 0 aromatic heterocycles. The molecule has 0 amide bonds. The Morgan fingerprint density at radius 3 is 2.59 bits per heavy atom. The Hall–Kier alpha value is -0.610. The van der Waals surface area contributed by atoms with Crippen LogP contribution in [0.25, 0.3) is 0 Å². The van der Waals surface area contributed by atoms with Crippen molar-refractivity contribution < 1.29 is 19.4 Å². The van der Waals surface area contributed by atoms with Gasteiger partial charge in [-0.1, -0.05) is 6.42 Å². The lowest BCUT2D eigenvalue weighted by atomic mass is 9.87. The Labute approximate surface area is 103 Å². The molecule has 0 aromatic rings. The van der Waals surface area contributed by atoms with E-state index in [2.05, 4.69) is 0 Å². The molecule has 0 aromatic carbocycles. The molecule has 4 nitrogen and oxygen atoms in total. The van der Waals surface area contributed by atoms with E-state index < -0.39 is 11.4 Å². The summed E-state index contributed by atoms with van der Waals surface area (Å²) in [6.07, 6.45) is 4.87. The van der Waals surface area contributed by atoms with Crippen molar-refractivity contribution in [2.45, 2.75) is 52.1 Å². The van der Waals surface area contributed by atoms with Crippen LogP contribution in [-0.2, 0) is 14.3 Å². The molecule has 1 aliphatic heterocycles. The third-order valence-electron chi connectivity index (χ3n) is 3.30. The maximum Gasteiger partial charge on any atom is 0.309 e. The molecule has 1 rings (SSSR count). The zero-order valence-electron chi connectivity index (χ0n) is 10.9. The fourth-order valence-electron chi connectivity index (χ4n) is 1.87. The summed E-state index contributed by atoms with van der Waals surface area (Å²) < 4.78 is 11.0. The number of rotatable bonds is 7. The van der Waals surface area contributed by atoms with E-state index >= 15 is 0 Å². The molecule has 1 fully saturated rings. The summed E-state index contributed by atoms with van der Waals surface area (Å²) in [4.78, 5) is 10.9. The van der Waals surface area contributed by atoms with E-state index in [-0.39, 0.29) is 0 Å². The molecule has 0 spiro atoms. The van der Waals surface area contributed by atoms with Crippen molar-refractivity contribution >= 4 is 5.97 Å². The highest BCUT2D eigenvalue weighted by Gasteiger charge is 2.26. The van der Waals surface area contributed by atoms with Gasteiger partial charge in [-0.3, -0.25) is 4.79 Å². The number of aliphatic carboxylic acids is 1. The van der Waals surface area contributed by atoms with Gasteiger partial charge in [0.1, 0.15) is 0 Å². The molecule has 17 heavy (non-hydrogen) atoms. The minimum absolute atomic E-state index is 0.344. The van der Waals surface area contributed by atoms with Crippen LogP contribution in [0.3, 0.4) is 0 Å². The van der Waals surface area contributed by atoms with Crippen LogP contribution in [0, 0.1) is 5.41 Å². The molecule has 1 N–H and O–H groups in total. The van der Waals surface area contributed by atoms with Gasteiger partial charge in [-0.25, -0.2) is 0 Å². The van der Waals surface area contributed by atoms with Crippen LogP contribution in [0.5, 0.6) is 0 Å². The summed E-state index contributed by atoms with van der Waals surface area (Å²) in [6, 6.07) is 0. The van der Waals surface area contributed by atoms with Crippen LogP contribution in [-0.4, -0.2) is 37.0 Å². The zero-order valence-corrected chi connectivity index (χ0v) is 10.9. The summed E-state index contributed by atoms with van der Waals surface area (Å²) in [5, 5.41) is 8.96. The smallest absolute Gasteiger partial charge is 0.309 e. The third-order valence-corrected chi connectivity index (χ3v) is 3.30. The predicted octanol–water partition coefficient (Wildman–Crippen LogP) is 2.46. The second-order valence-electron chi connectivity index (χ2n) is 5.33. The van der Waals surface area contributed by atoms with Crippen LogP contribution in [0.2, 0.25) is 0 Å². The van der Waals surface area contributed by atoms with Crippen LogP contribution >= 0.6 is 0 Å². The average molecular weight is 244 g/mol. The first-order valence-corrected chi connectivity index (χ1v) is 6.45. The van der Waals surface area contributed by atoms with Crippen molar-refractivity contribution in [2.75, 3.05) is 19.8 Å². The maximum atomic E-state index is 10.9. The first-order valence-electron chi connectivity index (χ1n) is 6.45. The fourth-order valence-corrected chi connectivity index (χ4v) is 1.87. The van der Waals surface area contributed by atoms with Crippen LogP contribution in [0.4, 0.5) is 0 Å². The van der Waals surface area contributed by atoms with Gasteiger partial charge in [-0.05, 0) is 39.5 Å². The molecule has 0 bridgehead atoms. The van der Waals surface area contributed by atoms with Crippen molar-refractivity contribution in [3.05, 3.63) is 0 Å². The summed E-state index contributed by atoms with van der Waals surface area (Å²) in [6.45, 7) is 5.89. The van der Waals surface area contributed by atoms with Gasteiger partial charge in [-0.2, -0.15) is 0 Å². The summed E-state index contributed by atoms with van der Waals surface area (Å²) in [5.74, 6) is -0.720. The first-order chi connectivity index (χ1) is 8.02. The molecule has 0 atom stereocenters. The van der Waals surface area contributed by atoms with Gasteiger partial charge in [0.2, 0.25) is 0 Å². The summed E-state index contributed by atoms with van der Waals surface area (Å²) in [7, 11) is 0. The lowest BCUT2D eigenvalue weighted by Gasteiger charge is -2.23. The van der Waals surface area contributed by atoms with Gasteiger partial charge < -0.3 is 14.6 Å². The number of hydrogen-bond acceptors (Lipinski definition) is 3. The normalized spacial score (nSPS) is 18.2. The number of ether oxygens (including phenoxy) is 2. The van der Waals surface area contributed by atoms with Crippen LogP contribution in [0.15, 0.2) is 0 Å². The quantitative estimate of drug-likeness (QED) is 0.699. The molecule has 100 valence electrons. The second-order valence-corrected chi connectivity index (χ2v) is 5.33. The van der Waals surface area contributed by atoms with E-state index in [9.17, 15) is 4.79 Å². The van der Waals surface area contributed by atoms with Crippen molar-refractivity contribution in [1.29, 1.82) is 0 Å². The average Bonchev–Trinajstić information content (AvgIpc) is 2.29. The van der Waals surface area contributed by atoms with E-state index in [0.717, 1.165) is 45.5 Å².